The van der Waals surface area contributed by atoms with Crippen LogP contribution in [0.2, 0.25) is 5.02 Å². The Hall–Kier alpha value is -2.56. The summed E-state index contributed by atoms with van der Waals surface area (Å²) in [5.74, 6) is 1.38. The third kappa shape index (κ3) is 3.98. The molecule has 5 heteroatoms. The molecule has 0 fully saturated rings. The molecule has 0 aliphatic carbocycles. The maximum absolute atomic E-state index is 12.8. The van der Waals surface area contributed by atoms with E-state index < -0.39 is 0 Å². The Kier molecular flexibility index (Phi) is 5.25. The Labute approximate surface area is 176 Å². The van der Waals surface area contributed by atoms with Crippen molar-refractivity contribution in [2.75, 3.05) is 0 Å². The fourth-order valence-corrected chi connectivity index (χ4v) is 3.60. The number of hydrogen-bond acceptors (Lipinski definition) is 3. The van der Waals surface area contributed by atoms with Gasteiger partial charge in [-0.15, -0.1) is 0 Å². The highest BCUT2D eigenvalue weighted by Gasteiger charge is 2.30. The minimum atomic E-state index is -0.114. The van der Waals surface area contributed by atoms with Gasteiger partial charge in [-0.1, -0.05) is 51.8 Å². The number of ether oxygens (including phenoxy) is 2. The predicted octanol–water partition coefficient (Wildman–Crippen LogP) is 6.61. The molecule has 1 aliphatic rings. The van der Waals surface area contributed by atoms with Crippen LogP contribution in [0.3, 0.4) is 0 Å². The van der Waals surface area contributed by atoms with Crippen molar-refractivity contribution < 1.29 is 14.3 Å². The van der Waals surface area contributed by atoms with E-state index in [0.717, 1.165) is 21.2 Å². The lowest BCUT2D eigenvalue weighted by molar-refractivity contribution is 0.101. The Morgan fingerprint density at radius 1 is 1.11 bits per heavy atom. The molecular weight excluding hydrogens is 440 g/mol. The van der Waals surface area contributed by atoms with Crippen LogP contribution in [0.5, 0.6) is 11.5 Å². The van der Waals surface area contributed by atoms with Gasteiger partial charge >= 0.3 is 0 Å². The number of carbonyl (C=O) groups excluding carboxylic acids is 1. The predicted molar refractivity (Wildman–Crippen MR) is 114 cm³/mol. The molecule has 4 rings (SSSR count). The molecule has 1 heterocycles. The molecule has 3 nitrogen and oxygen atoms in total. The van der Waals surface area contributed by atoms with E-state index in [0.29, 0.717) is 34.5 Å². The first kappa shape index (κ1) is 18.8. The van der Waals surface area contributed by atoms with Gasteiger partial charge in [0, 0.05) is 15.6 Å². The molecule has 0 spiro atoms. The fraction of sp³-hybridized carbons (Fsp3) is 0.0870. The summed E-state index contributed by atoms with van der Waals surface area (Å²) in [5.41, 5.74) is 3.31. The number of hydrogen-bond donors (Lipinski definition) is 0. The van der Waals surface area contributed by atoms with Gasteiger partial charge in [0.15, 0.2) is 5.76 Å². The second-order valence-electron chi connectivity index (χ2n) is 6.52. The van der Waals surface area contributed by atoms with E-state index in [1.54, 1.807) is 12.1 Å². The quantitative estimate of drug-likeness (QED) is 0.415. The maximum Gasteiger partial charge on any atom is 0.232 e. The fourth-order valence-electron chi connectivity index (χ4n) is 3.06. The number of fused-ring (bicyclic) bond motifs is 1. The van der Waals surface area contributed by atoms with E-state index in [1.165, 1.54) is 0 Å². The molecule has 3 aromatic rings. The molecule has 0 aromatic heterocycles. The molecule has 0 amide bonds. The molecule has 3 aromatic carbocycles. The summed E-state index contributed by atoms with van der Waals surface area (Å²) < 4.78 is 12.7. The monoisotopic (exact) mass is 454 g/mol. The highest BCUT2D eigenvalue weighted by molar-refractivity contribution is 9.10. The lowest BCUT2D eigenvalue weighted by Gasteiger charge is -2.09. The minimum Gasteiger partial charge on any atom is -0.489 e. The highest BCUT2D eigenvalue weighted by Crippen LogP contribution is 2.37. The van der Waals surface area contributed by atoms with Gasteiger partial charge in [0.2, 0.25) is 5.78 Å². The number of rotatable bonds is 4. The summed E-state index contributed by atoms with van der Waals surface area (Å²) in [4.78, 5) is 12.8. The Morgan fingerprint density at radius 3 is 2.64 bits per heavy atom. The zero-order chi connectivity index (χ0) is 19.7. The normalized spacial score (nSPS) is 14.1. The van der Waals surface area contributed by atoms with Crippen LogP contribution in [0.4, 0.5) is 0 Å². The largest absolute Gasteiger partial charge is 0.489 e. The number of allylic oxidation sites excluding steroid dienone is 1. The third-order valence-corrected chi connectivity index (χ3v) is 5.15. The van der Waals surface area contributed by atoms with Crippen molar-refractivity contribution in [3.8, 4) is 11.5 Å². The first-order valence-electron chi connectivity index (χ1n) is 8.71. The molecule has 0 atom stereocenters. The maximum atomic E-state index is 12.8. The van der Waals surface area contributed by atoms with Gasteiger partial charge in [0.25, 0.3) is 0 Å². The average molecular weight is 456 g/mol. The molecule has 140 valence electrons. The van der Waals surface area contributed by atoms with Gasteiger partial charge < -0.3 is 9.47 Å². The van der Waals surface area contributed by atoms with Crippen molar-refractivity contribution in [1.29, 1.82) is 0 Å². The van der Waals surface area contributed by atoms with E-state index in [1.807, 2.05) is 61.5 Å². The van der Waals surface area contributed by atoms with Gasteiger partial charge in [0.1, 0.15) is 18.1 Å². The second-order valence-corrected chi connectivity index (χ2v) is 7.88. The molecule has 0 unspecified atom stereocenters. The zero-order valence-corrected chi connectivity index (χ0v) is 17.4. The van der Waals surface area contributed by atoms with Gasteiger partial charge in [-0.2, -0.15) is 0 Å². The summed E-state index contributed by atoms with van der Waals surface area (Å²) in [6.07, 6.45) is 1.75. The average Bonchev–Trinajstić information content (AvgIpc) is 2.97. The van der Waals surface area contributed by atoms with Gasteiger partial charge in [-0.3, -0.25) is 4.79 Å². The smallest absolute Gasteiger partial charge is 0.232 e. The van der Waals surface area contributed by atoms with Crippen LogP contribution in [0.15, 0.2) is 70.9 Å². The van der Waals surface area contributed by atoms with Crippen molar-refractivity contribution in [2.45, 2.75) is 13.5 Å². The first-order chi connectivity index (χ1) is 13.5. The van der Waals surface area contributed by atoms with Crippen molar-refractivity contribution in [3.05, 3.63) is 98.2 Å². The van der Waals surface area contributed by atoms with Crippen molar-refractivity contribution in [2.24, 2.45) is 0 Å². The highest BCUT2D eigenvalue weighted by atomic mass is 79.9. The van der Waals surface area contributed by atoms with Crippen LogP contribution in [0.1, 0.15) is 27.0 Å². The topological polar surface area (TPSA) is 35.5 Å². The minimum absolute atomic E-state index is 0.114. The van der Waals surface area contributed by atoms with Crippen molar-refractivity contribution in [1.82, 2.24) is 0 Å². The standard InChI is InChI=1S/C23H16BrClO3/c1-14-9-19(27-13-15-5-7-18(25)8-6-15)12-20-22(14)23(26)21(28-20)11-16-3-2-4-17(24)10-16/h2-12H,13H2,1H3/b21-11-. The second kappa shape index (κ2) is 7.82. The van der Waals surface area contributed by atoms with Crippen LogP contribution in [-0.4, -0.2) is 5.78 Å². The van der Waals surface area contributed by atoms with E-state index in [4.69, 9.17) is 21.1 Å². The first-order valence-corrected chi connectivity index (χ1v) is 9.88. The number of carbonyl (C=O) groups is 1. The number of aryl methyl sites for hydroxylation is 1. The summed E-state index contributed by atoms with van der Waals surface area (Å²) in [6, 6.07) is 18.8. The zero-order valence-electron chi connectivity index (χ0n) is 15.0. The third-order valence-electron chi connectivity index (χ3n) is 4.41. The molecule has 0 bridgehead atoms. The van der Waals surface area contributed by atoms with E-state index in [2.05, 4.69) is 15.9 Å². The van der Waals surface area contributed by atoms with Crippen LogP contribution in [0.25, 0.3) is 6.08 Å². The molecule has 0 N–H and O–H groups in total. The molecule has 1 aliphatic heterocycles. The molecule has 28 heavy (non-hydrogen) atoms. The van der Waals surface area contributed by atoms with Crippen LogP contribution in [0, 0.1) is 6.92 Å². The lowest BCUT2D eigenvalue weighted by atomic mass is 10.0. The van der Waals surface area contributed by atoms with Crippen LogP contribution >= 0.6 is 27.5 Å². The Bertz CT molecular complexity index is 1090. The van der Waals surface area contributed by atoms with Crippen LogP contribution in [-0.2, 0) is 6.61 Å². The molecule has 0 radical (unpaired) electrons. The van der Waals surface area contributed by atoms with Crippen molar-refractivity contribution >= 4 is 39.4 Å². The van der Waals surface area contributed by atoms with Crippen LogP contribution < -0.4 is 9.47 Å². The summed E-state index contributed by atoms with van der Waals surface area (Å²) in [7, 11) is 0. The van der Waals surface area contributed by atoms with Crippen molar-refractivity contribution in [3.63, 3.8) is 0 Å². The van der Waals surface area contributed by atoms with E-state index in [9.17, 15) is 4.79 Å². The Balaban J connectivity index is 1.56. The summed E-state index contributed by atoms with van der Waals surface area (Å²) >= 11 is 9.35. The SMILES string of the molecule is Cc1cc(OCc2ccc(Cl)cc2)cc2c1C(=O)/C(=C/c1cccc(Br)c1)O2. The van der Waals surface area contributed by atoms with Gasteiger partial charge in [0.05, 0.1) is 5.56 Å². The Morgan fingerprint density at radius 2 is 1.89 bits per heavy atom. The summed E-state index contributed by atoms with van der Waals surface area (Å²) in [6.45, 7) is 2.29. The lowest BCUT2D eigenvalue weighted by Crippen LogP contribution is -2.00. The number of ketones is 1. The number of Topliss-reactive ketones (excluding diaryl/α,β-unsaturated/α-hetero) is 1. The molecule has 0 saturated heterocycles. The summed E-state index contributed by atoms with van der Waals surface area (Å²) in [5, 5.41) is 0.689. The molecule has 0 saturated carbocycles. The van der Waals surface area contributed by atoms with Gasteiger partial charge in [-0.05, 0) is 60.0 Å². The van der Waals surface area contributed by atoms with E-state index >= 15 is 0 Å². The number of halogens is 2. The van der Waals surface area contributed by atoms with E-state index in [-0.39, 0.29) is 5.78 Å². The van der Waals surface area contributed by atoms with Gasteiger partial charge in [-0.25, -0.2) is 0 Å². The number of benzene rings is 3. The molecular formula is C23H16BrClO3.